The normalized spacial score (nSPS) is 17.4. The molecular formula is C32H64N2. The molecule has 0 aromatic heterocycles. The van der Waals surface area contributed by atoms with Gasteiger partial charge in [0.15, 0.2) is 0 Å². The van der Waals surface area contributed by atoms with E-state index in [2.05, 4.69) is 69.7 Å². The molecule has 0 aromatic rings. The monoisotopic (exact) mass is 477 g/mol. The number of hydrogen-bond donors (Lipinski definition) is 0. The molecule has 2 heteroatoms. The van der Waals surface area contributed by atoms with Gasteiger partial charge >= 0.3 is 0 Å². The molecule has 0 saturated heterocycles. The van der Waals surface area contributed by atoms with Crippen molar-refractivity contribution in [1.29, 1.82) is 0 Å². The van der Waals surface area contributed by atoms with Crippen molar-refractivity contribution < 1.29 is 0 Å². The lowest BCUT2D eigenvalue weighted by molar-refractivity contribution is 0.267. The third kappa shape index (κ3) is 16.0. The van der Waals surface area contributed by atoms with E-state index in [-0.39, 0.29) is 0 Å². The Morgan fingerprint density at radius 1 is 0.882 bits per heavy atom. The van der Waals surface area contributed by atoms with Crippen molar-refractivity contribution in [2.45, 2.75) is 138 Å². The Bertz CT molecular complexity index is 501. The quantitative estimate of drug-likeness (QED) is 0.217. The van der Waals surface area contributed by atoms with E-state index >= 15 is 0 Å². The zero-order valence-corrected chi connectivity index (χ0v) is 24.9. The number of allylic oxidation sites excluding steroid dienone is 3. The van der Waals surface area contributed by atoms with Crippen molar-refractivity contribution >= 4 is 0 Å². The van der Waals surface area contributed by atoms with Gasteiger partial charge in [-0.2, -0.15) is 0 Å². The Balaban J connectivity index is 0.000000613. The summed E-state index contributed by atoms with van der Waals surface area (Å²) in [4.78, 5) is 4.96. The second-order valence-corrected chi connectivity index (χ2v) is 11.0. The Kier molecular flexibility index (Phi) is 21.0. The Labute approximate surface area is 216 Å². The maximum atomic E-state index is 2.51. The lowest BCUT2D eigenvalue weighted by Gasteiger charge is -2.28. The van der Waals surface area contributed by atoms with E-state index in [0.717, 1.165) is 24.4 Å². The minimum absolute atomic E-state index is 0.723. The third-order valence-electron chi connectivity index (χ3n) is 7.72. The average molecular weight is 477 g/mol. The van der Waals surface area contributed by atoms with Gasteiger partial charge in [-0.15, -0.1) is 0 Å². The Morgan fingerprint density at radius 2 is 1.56 bits per heavy atom. The van der Waals surface area contributed by atoms with Gasteiger partial charge in [-0.3, -0.25) is 0 Å². The molecule has 0 bridgehead atoms. The third-order valence-corrected chi connectivity index (χ3v) is 7.72. The minimum atomic E-state index is 0.723. The first-order valence-corrected chi connectivity index (χ1v) is 15.2. The molecule has 0 radical (unpaired) electrons. The molecule has 0 heterocycles. The summed E-state index contributed by atoms with van der Waals surface area (Å²) in [5.41, 5.74) is 2.14. The van der Waals surface area contributed by atoms with Crippen LogP contribution in [0.25, 0.3) is 0 Å². The molecule has 0 aromatic carbocycles. The van der Waals surface area contributed by atoms with Gasteiger partial charge in [0.05, 0.1) is 0 Å². The largest absolute Gasteiger partial charge is 0.371 e. The Morgan fingerprint density at radius 3 is 2.12 bits per heavy atom. The lowest BCUT2D eigenvalue weighted by Crippen LogP contribution is -2.33. The molecule has 0 amide bonds. The van der Waals surface area contributed by atoms with Gasteiger partial charge in [-0.25, -0.2) is 0 Å². The number of nitrogens with zero attached hydrogens (tertiary/aromatic N) is 2. The molecule has 202 valence electrons. The highest BCUT2D eigenvalue weighted by atomic mass is 15.2. The molecule has 1 fully saturated rings. The Hall–Kier alpha value is -0.760. The molecule has 1 atom stereocenters. The summed E-state index contributed by atoms with van der Waals surface area (Å²) >= 11 is 0. The van der Waals surface area contributed by atoms with Gasteiger partial charge in [0, 0.05) is 25.3 Å². The number of unbranched alkanes of at least 4 members (excludes halogenated alkanes) is 3. The lowest BCUT2D eigenvalue weighted by atomic mass is 9.81. The van der Waals surface area contributed by atoms with E-state index in [1.165, 1.54) is 109 Å². The predicted octanol–water partition coefficient (Wildman–Crippen LogP) is 9.86. The van der Waals surface area contributed by atoms with Crippen molar-refractivity contribution in [2.24, 2.45) is 11.3 Å². The molecular weight excluding hydrogens is 412 g/mol. The molecule has 2 aliphatic carbocycles. The maximum Gasteiger partial charge on any atom is 0.0322 e. The molecule has 0 spiro atoms. The second-order valence-electron chi connectivity index (χ2n) is 11.0. The van der Waals surface area contributed by atoms with Crippen LogP contribution in [0.5, 0.6) is 0 Å². The highest BCUT2D eigenvalue weighted by Crippen LogP contribution is 2.42. The molecule has 1 unspecified atom stereocenters. The fourth-order valence-corrected chi connectivity index (χ4v) is 5.11. The molecule has 2 rings (SSSR count). The SMILES string of the molecule is CC.CCCCC(C)CCC1(C)CCCC1.CCCCCN(C)CCN(CC)C1=CCCC=C1. The fourth-order valence-electron chi connectivity index (χ4n) is 5.11. The van der Waals surface area contributed by atoms with E-state index in [1.54, 1.807) is 0 Å². The van der Waals surface area contributed by atoms with Crippen LogP contribution in [0.4, 0.5) is 0 Å². The number of likely N-dealkylation sites (N-methyl/N-ethyl adjacent to an activating group) is 2. The van der Waals surface area contributed by atoms with Crippen molar-refractivity contribution in [1.82, 2.24) is 9.80 Å². The summed E-state index contributed by atoms with van der Waals surface area (Å²) in [5.74, 6) is 0.965. The van der Waals surface area contributed by atoms with Crippen LogP contribution < -0.4 is 0 Å². The van der Waals surface area contributed by atoms with Crippen LogP contribution in [0, 0.1) is 11.3 Å². The molecule has 34 heavy (non-hydrogen) atoms. The highest BCUT2D eigenvalue weighted by molar-refractivity contribution is 5.21. The van der Waals surface area contributed by atoms with Crippen LogP contribution in [-0.2, 0) is 0 Å². The van der Waals surface area contributed by atoms with E-state index in [4.69, 9.17) is 0 Å². The van der Waals surface area contributed by atoms with Gasteiger partial charge in [-0.05, 0) is 76.5 Å². The topological polar surface area (TPSA) is 6.48 Å². The average Bonchev–Trinajstić information content (AvgIpc) is 3.31. The van der Waals surface area contributed by atoms with Crippen molar-refractivity contribution in [3.63, 3.8) is 0 Å². The smallest absolute Gasteiger partial charge is 0.0322 e. The summed E-state index contributed by atoms with van der Waals surface area (Å²) < 4.78 is 0. The second kappa shape index (κ2) is 21.5. The molecule has 1 saturated carbocycles. The summed E-state index contributed by atoms with van der Waals surface area (Å²) in [6.45, 7) is 20.4. The van der Waals surface area contributed by atoms with Crippen LogP contribution in [0.1, 0.15) is 138 Å². The summed E-state index contributed by atoms with van der Waals surface area (Å²) in [6, 6.07) is 0. The van der Waals surface area contributed by atoms with Gasteiger partial charge < -0.3 is 9.80 Å². The van der Waals surface area contributed by atoms with E-state index in [1.807, 2.05) is 13.8 Å². The van der Waals surface area contributed by atoms with Crippen LogP contribution in [0.15, 0.2) is 23.9 Å². The molecule has 2 nitrogen and oxygen atoms in total. The summed E-state index contributed by atoms with van der Waals surface area (Å²) in [7, 11) is 2.24. The van der Waals surface area contributed by atoms with Crippen molar-refractivity contribution in [2.75, 3.05) is 33.2 Å². The maximum absolute atomic E-state index is 2.51. The standard InChI is InChI=1S/C16H30N2.C14H28.C2H6/c1-4-6-10-13-17(3)14-15-18(5-2)16-11-8-7-9-12-16;1-4-5-8-13(2)9-12-14(3)10-6-7-11-14;1-2/h8,11-12H,4-7,9-10,13-15H2,1-3H3;13H,4-12H2,1-3H3;1-2H3. The van der Waals surface area contributed by atoms with Gasteiger partial charge in [-0.1, -0.05) is 105 Å². The van der Waals surface area contributed by atoms with E-state index in [9.17, 15) is 0 Å². The van der Waals surface area contributed by atoms with Crippen LogP contribution in [0.3, 0.4) is 0 Å². The van der Waals surface area contributed by atoms with E-state index < -0.39 is 0 Å². The number of hydrogen-bond acceptors (Lipinski definition) is 2. The number of rotatable bonds is 15. The first kappa shape index (κ1) is 33.2. The zero-order chi connectivity index (χ0) is 25.7. The van der Waals surface area contributed by atoms with E-state index in [0.29, 0.717) is 0 Å². The summed E-state index contributed by atoms with van der Waals surface area (Å²) in [6.07, 6.45) is 26.5. The summed E-state index contributed by atoms with van der Waals surface area (Å²) in [5, 5.41) is 0. The van der Waals surface area contributed by atoms with Crippen LogP contribution in [0.2, 0.25) is 0 Å². The zero-order valence-electron chi connectivity index (χ0n) is 24.9. The van der Waals surface area contributed by atoms with Gasteiger partial charge in [0.2, 0.25) is 0 Å². The van der Waals surface area contributed by atoms with Gasteiger partial charge in [0.1, 0.15) is 0 Å². The van der Waals surface area contributed by atoms with Crippen molar-refractivity contribution in [3.05, 3.63) is 23.9 Å². The van der Waals surface area contributed by atoms with Crippen LogP contribution in [-0.4, -0.2) is 43.0 Å². The van der Waals surface area contributed by atoms with Gasteiger partial charge in [0.25, 0.3) is 0 Å². The molecule has 0 aliphatic heterocycles. The van der Waals surface area contributed by atoms with Crippen LogP contribution >= 0.6 is 0 Å². The first-order valence-electron chi connectivity index (χ1n) is 15.2. The first-order chi connectivity index (χ1) is 16.4. The minimum Gasteiger partial charge on any atom is -0.371 e. The molecule has 2 aliphatic rings. The molecule has 0 N–H and O–H groups in total. The highest BCUT2D eigenvalue weighted by Gasteiger charge is 2.28. The van der Waals surface area contributed by atoms with Crippen molar-refractivity contribution in [3.8, 4) is 0 Å². The fraction of sp³-hybridized carbons (Fsp3) is 0.875. The predicted molar refractivity (Wildman–Crippen MR) is 157 cm³/mol.